The molecule has 0 unspecified atom stereocenters. The van der Waals surface area contributed by atoms with Crippen molar-refractivity contribution in [3.63, 3.8) is 0 Å². The number of hydrogen-bond acceptors (Lipinski definition) is 4. The number of rotatable bonds is 6. The molecule has 1 aromatic heterocycles. The maximum Gasteiger partial charge on any atom is 0.272 e. The van der Waals surface area contributed by atoms with Gasteiger partial charge in [-0.15, -0.1) is 0 Å². The van der Waals surface area contributed by atoms with Crippen LogP contribution in [0.5, 0.6) is 0 Å². The lowest BCUT2D eigenvalue weighted by Crippen LogP contribution is -2.28. The molecule has 1 N–H and O–H groups in total. The molecule has 0 bridgehead atoms. The minimum absolute atomic E-state index is 0.126. The lowest BCUT2D eigenvalue weighted by molar-refractivity contribution is 0.0787. The first-order valence-corrected chi connectivity index (χ1v) is 8.49. The second-order valence-electron chi connectivity index (χ2n) is 5.52. The Hall–Kier alpha value is -1.85. The van der Waals surface area contributed by atoms with Gasteiger partial charge in [0.1, 0.15) is 17.3 Å². The highest BCUT2D eigenvalue weighted by Crippen LogP contribution is 2.27. The van der Waals surface area contributed by atoms with Gasteiger partial charge in [-0.3, -0.25) is 4.79 Å². The van der Waals surface area contributed by atoms with Crippen LogP contribution in [0.1, 0.15) is 36.1 Å². The van der Waals surface area contributed by atoms with Gasteiger partial charge in [-0.05, 0) is 31.5 Å². The molecule has 0 aliphatic carbocycles. The largest absolute Gasteiger partial charge is 0.340 e. The van der Waals surface area contributed by atoms with Crippen LogP contribution in [0.15, 0.2) is 24.3 Å². The number of nitrogens with one attached hydrogen (secondary N) is 1. The van der Waals surface area contributed by atoms with Crippen molar-refractivity contribution >= 4 is 40.6 Å². The summed E-state index contributed by atoms with van der Waals surface area (Å²) in [7, 11) is 1.78. The summed E-state index contributed by atoms with van der Waals surface area (Å²) in [5.41, 5.74) is 1.02. The number of benzene rings is 1. The van der Waals surface area contributed by atoms with Crippen LogP contribution < -0.4 is 5.32 Å². The van der Waals surface area contributed by atoms with Gasteiger partial charge in [-0.1, -0.05) is 36.5 Å². The first-order valence-electron chi connectivity index (χ1n) is 7.74. The molecule has 5 nitrogen and oxygen atoms in total. The average Bonchev–Trinajstić information content (AvgIpc) is 2.54. The summed E-state index contributed by atoms with van der Waals surface area (Å²) in [4.78, 5) is 22.7. The van der Waals surface area contributed by atoms with Gasteiger partial charge >= 0.3 is 0 Å². The van der Waals surface area contributed by atoms with Gasteiger partial charge in [0.25, 0.3) is 5.91 Å². The Morgan fingerprint density at radius 1 is 1.25 bits per heavy atom. The molecule has 2 rings (SSSR count). The van der Waals surface area contributed by atoms with Gasteiger partial charge < -0.3 is 10.2 Å². The molecular formula is C17H20Cl2N4O. The Morgan fingerprint density at radius 2 is 2.00 bits per heavy atom. The van der Waals surface area contributed by atoms with Gasteiger partial charge in [0, 0.05) is 24.7 Å². The number of hydrogen-bond donors (Lipinski definition) is 1. The SMILES string of the molecule is CCCCN(C)C(=O)c1cc(Nc2ccc(Cl)cc2Cl)nc(C)n1. The van der Waals surface area contributed by atoms with Crippen LogP contribution in [0.4, 0.5) is 11.5 Å². The Balaban J connectivity index is 2.23. The zero-order valence-corrected chi connectivity index (χ0v) is 15.4. The monoisotopic (exact) mass is 366 g/mol. The summed E-state index contributed by atoms with van der Waals surface area (Å²) in [6, 6.07) is 6.76. The Kier molecular flexibility index (Phi) is 6.40. The highest BCUT2D eigenvalue weighted by Gasteiger charge is 2.15. The summed E-state index contributed by atoms with van der Waals surface area (Å²) >= 11 is 12.1. The third-order valence-electron chi connectivity index (χ3n) is 3.44. The smallest absolute Gasteiger partial charge is 0.272 e. The fourth-order valence-electron chi connectivity index (χ4n) is 2.16. The number of carbonyl (C=O) groups is 1. The van der Waals surface area contributed by atoms with E-state index in [1.54, 1.807) is 43.1 Å². The van der Waals surface area contributed by atoms with E-state index in [0.29, 0.717) is 39.6 Å². The topological polar surface area (TPSA) is 58.1 Å². The number of amides is 1. The van der Waals surface area contributed by atoms with Gasteiger partial charge in [0.2, 0.25) is 0 Å². The van der Waals surface area contributed by atoms with Crippen molar-refractivity contribution in [2.75, 3.05) is 18.9 Å². The third-order valence-corrected chi connectivity index (χ3v) is 3.99. The second kappa shape index (κ2) is 8.31. The quantitative estimate of drug-likeness (QED) is 0.804. The molecule has 0 saturated heterocycles. The fourth-order valence-corrected chi connectivity index (χ4v) is 2.62. The number of aromatic nitrogens is 2. The van der Waals surface area contributed by atoms with Crippen LogP contribution in [0, 0.1) is 6.92 Å². The molecular weight excluding hydrogens is 347 g/mol. The van der Waals surface area contributed by atoms with E-state index in [-0.39, 0.29) is 5.91 Å². The Bertz CT molecular complexity index is 737. The standard InChI is InChI=1S/C17H20Cl2N4O/c1-4-5-8-23(3)17(24)15-10-16(21-11(2)20-15)22-14-7-6-12(18)9-13(14)19/h6-7,9-10H,4-5,8H2,1-3H3,(H,20,21,22). The molecule has 24 heavy (non-hydrogen) atoms. The van der Waals surface area contributed by atoms with Crippen LogP contribution >= 0.6 is 23.2 Å². The van der Waals surface area contributed by atoms with Crippen molar-refractivity contribution in [1.82, 2.24) is 14.9 Å². The van der Waals surface area contributed by atoms with Crippen molar-refractivity contribution in [1.29, 1.82) is 0 Å². The van der Waals surface area contributed by atoms with E-state index in [1.807, 2.05) is 0 Å². The number of anilines is 2. The molecule has 0 atom stereocenters. The molecule has 0 aliphatic heterocycles. The summed E-state index contributed by atoms with van der Waals surface area (Å²) in [5.74, 6) is 0.899. The van der Waals surface area contributed by atoms with Crippen LogP contribution in [0.25, 0.3) is 0 Å². The van der Waals surface area contributed by atoms with E-state index in [9.17, 15) is 4.79 Å². The van der Waals surface area contributed by atoms with Crippen LogP contribution in [-0.2, 0) is 0 Å². The normalized spacial score (nSPS) is 10.5. The Morgan fingerprint density at radius 3 is 2.67 bits per heavy atom. The molecule has 2 aromatic rings. The first kappa shape index (κ1) is 18.5. The predicted molar refractivity (Wildman–Crippen MR) is 98.4 cm³/mol. The van der Waals surface area contributed by atoms with E-state index in [0.717, 1.165) is 12.8 Å². The first-order chi connectivity index (χ1) is 11.4. The zero-order chi connectivity index (χ0) is 17.7. The molecule has 1 amide bonds. The predicted octanol–water partition coefficient (Wildman–Crippen LogP) is 4.71. The molecule has 0 spiro atoms. The molecule has 0 radical (unpaired) electrons. The zero-order valence-electron chi connectivity index (χ0n) is 13.9. The van der Waals surface area contributed by atoms with Crippen molar-refractivity contribution in [2.45, 2.75) is 26.7 Å². The summed E-state index contributed by atoms with van der Waals surface area (Å²) in [5, 5.41) is 4.14. The van der Waals surface area contributed by atoms with Crippen LogP contribution in [0.2, 0.25) is 10.0 Å². The maximum absolute atomic E-state index is 12.5. The fraction of sp³-hybridized carbons (Fsp3) is 0.353. The molecule has 128 valence electrons. The van der Waals surface area contributed by atoms with Gasteiger partial charge in [0.05, 0.1) is 10.7 Å². The van der Waals surface area contributed by atoms with Crippen molar-refractivity contribution < 1.29 is 4.79 Å². The highest BCUT2D eigenvalue weighted by atomic mass is 35.5. The van der Waals surface area contributed by atoms with Crippen molar-refractivity contribution in [3.8, 4) is 0 Å². The molecule has 1 aromatic carbocycles. The number of carbonyl (C=O) groups excluding carboxylic acids is 1. The Labute approximate surface area is 152 Å². The lowest BCUT2D eigenvalue weighted by atomic mass is 10.2. The third kappa shape index (κ3) is 4.82. The summed E-state index contributed by atoms with van der Waals surface area (Å²) < 4.78 is 0. The minimum atomic E-state index is -0.126. The molecule has 7 heteroatoms. The highest BCUT2D eigenvalue weighted by molar-refractivity contribution is 6.36. The number of halogens is 2. The number of aryl methyl sites for hydroxylation is 1. The molecule has 0 fully saturated rings. The number of unbranched alkanes of at least 4 members (excludes halogenated alkanes) is 1. The summed E-state index contributed by atoms with van der Waals surface area (Å²) in [6.45, 7) is 4.53. The lowest BCUT2D eigenvalue weighted by Gasteiger charge is -2.17. The molecule has 0 aliphatic rings. The molecule has 0 saturated carbocycles. The van der Waals surface area contributed by atoms with Crippen LogP contribution in [0.3, 0.4) is 0 Å². The van der Waals surface area contributed by atoms with Gasteiger partial charge in [-0.2, -0.15) is 0 Å². The van der Waals surface area contributed by atoms with Gasteiger partial charge in [0.15, 0.2) is 0 Å². The van der Waals surface area contributed by atoms with Crippen molar-refractivity contribution in [2.24, 2.45) is 0 Å². The van der Waals surface area contributed by atoms with Crippen LogP contribution in [-0.4, -0.2) is 34.4 Å². The summed E-state index contributed by atoms with van der Waals surface area (Å²) in [6.07, 6.45) is 1.99. The van der Waals surface area contributed by atoms with E-state index in [1.165, 1.54) is 0 Å². The second-order valence-corrected chi connectivity index (χ2v) is 6.36. The minimum Gasteiger partial charge on any atom is -0.340 e. The van der Waals surface area contributed by atoms with E-state index < -0.39 is 0 Å². The average molecular weight is 367 g/mol. The van der Waals surface area contributed by atoms with Crippen molar-refractivity contribution in [3.05, 3.63) is 45.8 Å². The van der Waals surface area contributed by atoms with Gasteiger partial charge in [-0.25, -0.2) is 9.97 Å². The maximum atomic E-state index is 12.5. The number of nitrogens with zero attached hydrogens (tertiary/aromatic N) is 3. The van der Waals surface area contributed by atoms with E-state index in [2.05, 4.69) is 22.2 Å². The van der Waals surface area contributed by atoms with E-state index >= 15 is 0 Å². The van der Waals surface area contributed by atoms with E-state index in [4.69, 9.17) is 23.2 Å². The molecule has 1 heterocycles.